The van der Waals surface area contributed by atoms with E-state index >= 15 is 0 Å². The molecule has 0 aliphatic rings. The van der Waals surface area contributed by atoms with Crippen LogP contribution in [0, 0.1) is 0 Å². The molecule has 0 aliphatic heterocycles. The Morgan fingerprint density at radius 3 is 2.16 bits per heavy atom. The molecule has 20 heteroatoms. The molecule has 3 aromatic carbocycles. The third kappa shape index (κ3) is 7.46. The van der Waals surface area contributed by atoms with Crippen LogP contribution in [-0.2, 0) is 15.5 Å². The first-order chi connectivity index (χ1) is 23.0. The summed E-state index contributed by atoms with van der Waals surface area (Å²) in [7, 11) is -4.79. The van der Waals surface area contributed by atoms with Crippen LogP contribution in [-0.4, -0.2) is 65.8 Å². The number of carboxylic acid groups (broad SMARTS) is 2. The van der Waals surface area contributed by atoms with Crippen LogP contribution in [0.1, 0.15) is 57.5 Å². The van der Waals surface area contributed by atoms with Crippen molar-refractivity contribution in [1.82, 2.24) is 24.8 Å². The minimum atomic E-state index is -4.79. The van der Waals surface area contributed by atoms with E-state index in [0.29, 0.717) is 44.3 Å². The Morgan fingerprint density at radius 1 is 0.960 bits per heavy atom. The van der Waals surface area contributed by atoms with Gasteiger partial charge in [-0.3, -0.25) is 4.79 Å². The molecule has 0 bridgehead atoms. The number of thiazole rings is 1. The number of aromatic amines is 1. The fourth-order valence-corrected chi connectivity index (χ4v) is 6.59. The number of H-pyrrole nitrogens is 1. The summed E-state index contributed by atoms with van der Waals surface area (Å²) in [5, 5.41) is 39.0. The number of fused-ring (bicyclic) bond motifs is 2. The SMILES string of the molecule is CC(C)(C)c1nn2nc(-c3ccc(NC(=O)c4cc(C(=O)O)cc(C(=O)O)c4)cc3)[nH]c2c1N=Nc1nc2cc(Cl)c(S(=O)(=O)[O-])cc2s1.[Na+]. The molecule has 0 unspecified atom stereocenters. The zero-order valence-corrected chi connectivity index (χ0v) is 30.8. The number of hydrogen-bond acceptors (Lipinski definition) is 12. The van der Waals surface area contributed by atoms with E-state index in [-0.39, 0.29) is 56.4 Å². The number of anilines is 1. The summed E-state index contributed by atoms with van der Waals surface area (Å²) in [6.07, 6.45) is 0. The van der Waals surface area contributed by atoms with Crippen LogP contribution in [0.3, 0.4) is 0 Å². The number of azo groups is 1. The van der Waals surface area contributed by atoms with Gasteiger partial charge in [0.15, 0.2) is 17.2 Å². The molecule has 4 N–H and O–H groups in total. The van der Waals surface area contributed by atoms with E-state index < -0.39 is 38.3 Å². The monoisotopic (exact) mass is 744 g/mol. The zero-order valence-electron chi connectivity index (χ0n) is 26.4. The summed E-state index contributed by atoms with van der Waals surface area (Å²) in [6.45, 7) is 5.81. The molecule has 0 saturated carbocycles. The van der Waals surface area contributed by atoms with Crippen LogP contribution in [0.15, 0.2) is 69.7 Å². The summed E-state index contributed by atoms with van der Waals surface area (Å²) in [5.41, 5.74) is 1.37. The number of carbonyl (C=O) groups excluding carboxylic acids is 1. The predicted molar refractivity (Wildman–Crippen MR) is 177 cm³/mol. The van der Waals surface area contributed by atoms with Crippen molar-refractivity contribution in [2.75, 3.05) is 5.32 Å². The molecular formula is C30H22ClN8NaO8S2. The standard InChI is InChI=1S/C30H23ClN8O8S2.Na/c1-30(2,3)23-22(35-36-29-33-19-11-18(31)21(49(45,46)47)12-20(19)48-29)25-34-24(38-39(25)37-23)13-4-6-17(7-5-13)32-26(40)14-8-15(27(41)42)10-16(9-14)28(43)44;/h4-12H,1-3H3,(H,32,40)(H,34,38)(H,41,42)(H,43,44)(H,45,46,47);/q;+1/p-1. The van der Waals surface area contributed by atoms with Crippen LogP contribution >= 0.6 is 22.9 Å². The molecule has 0 spiro atoms. The van der Waals surface area contributed by atoms with Crippen molar-refractivity contribution < 1.29 is 67.1 Å². The Labute approximate surface area is 313 Å². The molecule has 250 valence electrons. The Kier molecular flexibility index (Phi) is 10.0. The number of hydrogen-bond donors (Lipinski definition) is 4. The Bertz CT molecular complexity index is 2450. The number of amides is 1. The second kappa shape index (κ2) is 13.6. The van der Waals surface area contributed by atoms with Gasteiger partial charge in [0.25, 0.3) is 5.91 Å². The molecule has 0 fully saturated rings. The Hall–Kier alpha value is -4.56. The number of carbonyl (C=O) groups is 3. The zero-order chi connectivity index (χ0) is 35.4. The first-order valence-corrected chi connectivity index (χ1v) is 16.6. The number of rotatable bonds is 8. The number of nitrogens with zero attached hydrogens (tertiary/aromatic N) is 6. The number of aromatic nitrogens is 5. The van der Waals surface area contributed by atoms with Crippen molar-refractivity contribution in [3.63, 3.8) is 0 Å². The maximum atomic E-state index is 12.8. The van der Waals surface area contributed by atoms with Crippen LogP contribution in [0.2, 0.25) is 5.02 Å². The molecule has 6 aromatic rings. The van der Waals surface area contributed by atoms with Crippen LogP contribution in [0.25, 0.3) is 27.3 Å². The fraction of sp³-hybridized carbons (Fsp3) is 0.133. The summed E-state index contributed by atoms with van der Waals surface area (Å²) in [5.74, 6) is -3.05. The topological polar surface area (TPSA) is 244 Å². The summed E-state index contributed by atoms with van der Waals surface area (Å²) >= 11 is 7.00. The molecule has 0 radical (unpaired) electrons. The van der Waals surface area contributed by atoms with E-state index in [9.17, 15) is 37.6 Å². The number of nitrogens with one attached hydrogen (secondary N) is 2. The summed E-state index contributed by atoms with van der Waals surface area (Å²) in [4.78, 5) is 42.6. The van der Waals surface area contributed by atoms with Gasteiger partial charge < -0.3 is 25.1 Å². The molecule has 3 aromatic heterocycles. The Balaban J connectivity index is 0.00000486. The maximum Gasteiger partial charge on any atom is 1.00 e. The van der Waals surface area contributed by atoms with E-state index in [1.807, 2.05) is 20.8 Å². The van der Waals surface area contributed by atoms with Gasteiger partial charge >= 0.3 is 41.5 Å². The van der Waals surface area contributed by atoms with Gasteiger partial charge in [-0.1, -0.05) is 43.7 Å². The first-order valence-electron chi connectivity index (χ1n) is 14.0. The third-order valence-corrected chi connectivity index (χ3v) is 9.23. The summed E-state index contributed by atoms with van der Waals surface area (Å²) in [6, 6.07) is 12.1. The van der Waals surface area contributed by atoms with Crippen LogP contribution in [0.4, 0.5) is 16.5 Å². The molecule has 3 heterocycles. The van der Waals surface area contributed by atoms with Crippen molar-refractivity contribution in [3.05, 3.63) is 82.0 Å². The van der Waals surface area contributed by atoms with Gasteiger partial charge in [-0.05, 0) is 54.6 Å². The first kappa shape index (κ1) is 36.7. The van der Waals surface area contributed by atoms with E-state index in [0.717, 1.165) is 35.6 Å². The average molecular weight is 745 g/mol. The van der Waals surface area contributed by atoms with Gasteiger partial charge in [0.2, 0.25) is 5.13 Å². The second-order valence-electron chi connectivity index (χ2n) is 11.6. The van der Waals surface area contributed by atoms with E-state index in [1.54, 1.807) is 24.3 Å². The maximum absolute atomic E-state index is 12.8. The normalized spacial score (nSPS) is 12.0. The number of aromatic carboxylic acids is 2. The van der Waals surface area contributed by atoms with Crippen molar-refractivity contribution in [2.45, 2.75) is 31.1 Å². The molecule has 0 aliphatic carbocycles. The molecule has 6 rings (SSSR count). The van der Waals surface area contributed by atoms with Crippen molar-refractivity contribution in [1.29, 1.82) is 0 Å². The largest absolute Gasteiger partial charge is 1.00 e. The number of carboxylic acids is 2. The van der Waals surface area contributed by atoms with Crippen LogP contribution < -0.4 is 34.9 Å². The van der Waals surface area contributed by atoms with Crippen molar-refractivity contribution in [2.24, 2.45) is 10.2 Å². The van der Waals surface area contributed by atoms with Gasteiger partial charge in [-0.2, -0.15) is 5.10 Å². The molecular weight excluding hydrogens is 723 g/mol. The summed E-state index contributed by atoms with van der Waals surface area (Å²) < 4.78 is 36.4. The minimum absolute atomic E-state index is 0. The smallest absolute Gasteiger partial charge is 0.744 e. The molecule has 50 heavy (non-hydrogen) atoms. The average Bonchev–Trinajstić information content (AvgIpc) is 3.71. The van der Waals surface area contributed by atoms with Crippen LogP contribution in [0.5, 0.6) is 0 Å². The number of halogens is 1. The quantitative estimate of drug-likeness (QED) is 0.100. The van der Waals surface area contributed by atoms with Crippen molar-refractivity contribution >= 4 is 83.3 Å². The van der Waals surface area contributed by atoms with Gasteiger partial charge in [-0.15, -0.1) is 20.0 Å². The van der Waals surface area contributed by atoms with E-state index in [1.165, 1.54) is 10.7 Å². The third-order valence-electron chi connectivity index (χ3n) is 7.03. The van der Waals surface area contributed by atoms with E-state index in [4.69, 9.17) is 11.6 Å². The second-order valence-corrected chi connectivity index (χ2v) is 14.4. The van der Waals surface area contributed by atoms with Crippen molar-refractivity contribution in [3.8, 4) is 11.4 Å². The van der Waals surface area contributed by atoms with E-state index in [2.05, 4.69) is 35.7 Å². The van der Waals surface area contributed by atoms with Gasteiger partial charge in [0.05, 0.1) is 37.0 Å². The molecule has 1 amide bonds. The molecule has 0 atom stereocenters. The molecule has 16 nitrogen and oxygen atoms in total. The number of benzene rings is 3. The minimum Gasteiger partial charge on any atom is -0.744 e. The van der Waals surface area contributed by atoms with Gasteiger partial charge in [0, 0.05) is 22.2 Å². The predicted octanol–water partition coefficient (Wildman–Crippen LogP) is 3.26. The Morgan fingerprint density at radius 2 is 1.58 bits per heavy atom. The van der Waals surface area contributed by atoms with Gasteiger partial charge in [0.1, 0.15) is 10.1 Å². The fourth-order valence-electron chi connectivity index (χ4n) is 4.71. The van der Waals surface area contributed by atoms with Gasteiger partial charge in [-0.25, -0.2) is 23.0 Å². The molecule has 0 saturated heterocycles.